The van der Waals surface area contributed by atoms with E-state index in [4.69, 9.17) is 4.74 Å². The molecule has 0 unspecified atom stereocenters. The first-order valence-corrected chi connectivity index (χ1v) is 12.2. The number of fused-ring (bicyclic) bond motifs is 3. The number of pyridine rings is 1. The lowest BCUT2D eigenvalue weighted by atomic mass is 9.99. The molecule has 2 aromatic carbocycles. The Labute approximate surface area is 201 Å². The second-order valence-electron chi connectivity index (χ2n) is 8.17. The average Bonchev–Trinajstić information content (AvgIpc) is 3.04. The van der Waals surface area contributed by atoms with E-state index in [9.17, 15) is 14.7 Å². The van der Waals surface area contributed by atoms with Gasteiger partial charge in [-0.3, -0.25) is 14.3 Å². The number of benzene rings is 2. The number of thioether (sulfide) groups is 1. The molecule has 0 fully saturated rings. The Balaban J connectivity index is 1.17. The molecule has 0 spiro atoms. The van der Waals surface area contributed by atoms with Gasteiger partial charge >= 0.3 is 0 Å². The summed E-state index contributed by atoms with van der Waals surface area (Å²) >= 11 is 1.87. The van der Waals surface area contributed by atoms with Crippen LogP contribution in [0, 0.1) is 0 Å². The van der Waals surface area contributed by atoms with Gasteiger partial charge in [0.15, 0.2) is 11.4 Å². The van der Waals surface area contributed by atoms with E-state index in [0.29, 0.717) is 26.2 Å². The summed E-state index contributed by atoms with van der Waals surface area (Å²) in [6, 6.07) is 16.0. The molecule has 2 aliphatic heterocycles. The van der Waals surface area contributed by atoms with Crippen molar-refractivity contribution in [2.75, 3.05) is 25.2 Å². The molecule has 0 saturated heterocycles. The van der Waals surface area contributed by atoms with Crippen LogP contribution >= 0.6 is 11.8 Å². The topological polar surface area (TPSA) is 83.8 Å². The summed E-state index contributed by atoms with van der Waals surface area (Å²) in [6.45, 7) is 1.20. The smallest absolute Gasteiger partial charge is 0.277 e. The summed E-state index contributed by atoms with van der Waals surface area (Å²) < 4.78 is 7.49. The van der Waals surface area contributed by atoms with Crippen LogP contribution in [0.1, 0.15) is 33.6 Å². The highest BCUT2D eigenvalue weighted by molar-refractivity contribution is 7.98. The number of aromatic nitrogens is 1. The lowest BCUT2D eigenvalue weighted by Gasteiger charge is -2.30. The zero-order valence-corrected chi connectivity index (χ0v) is 19.4. The van der Waals surface area contributed by atoms with E-state index in [1.807, 2.05) is 36.0 Å². The van der Waals surface area contributed by atoms with E-state index >= 15 is 0 Å². The standard InChI is InChI=1S/C26H25N3O4S/c30-21-11-13-29-24(25(21)31)26(32)28(17-27-29)12-4-1-5-14-33-22-9-6-8-19-16-34-23-10-3-2-7-18(23)15-20(19)22/h1-3,5-11,13,27,31H,4,12,14-17H2/b5-1+. The molecule has 174 valence electrons. The molecule has 3 heterocycles. The number of rotatable bonds is 6. The second kappa shape index (κ2) is 9.69. The van der Waals surface area contributed by atoms with Crippen molar-refractivity contribution in [2.45, 2.75) is 23.5 Å². The summed E-state index contributed by atoms with van der Waals surface area (Å²) in [7, 11) is 0. The first-order chi connectivity index (χ1) is 16.6. The number of nitrogens with one attached hydrogen (secondary N) is 1. The maximum Gasteiger partial charge on any atom is 0.277 e. The third kappa shape index (κ3) is 4.41. The molecular formula is C26H25N3O4S. The monoisotopic (exact) mass is 475 g/mol. The molecule has 0 radical (unpaired) electrons. The van der Waals surface area contributed by atoms with Gasteiger partial charge in [-0.1, -0.05) is 42.5 Å². The average molecular weight is 476 g/mol. The minimum Gasteiger partial charge on any atom is -0.502 e. The molecule has 5 rings (SSSR count). The van der Waals surface area contributed by atoms with E-state index in [1.54, 1.807) is 4.90 Å². The minimum atomic E-state index is -0.568. The van der Waals surface area contributed by atoms with Crippen molar-refractivity contribution < 1.29 is 14.6 Å². The number of hydrogen-bond donors (Lipinski definition) is 2. The van der Waals surface area contributed by atoms with Crippen LogP contribution in [0.3, 0.4) is 0 Å². The molecule has 1 aromatic heterocycles. The van der Waals surface area contributed by atoms with Gasteiger partial charge < -0.3 is 20.2 Å². The predicted octanol–water partition coefficient (Wildman–Crippen LogP) is 3.73. The Morgan fingerprint density at radius 3 is 2.82 bits per heavy atom. The maximum atomic E-state index is 12.7. The third-order valence-corrected chi connectivity index (χ3v) is 7.18. The number of carbonyl (C=O) groups excluding carboxylic acids is 1. The zero-order valence-electron chi connectivity index (χ0n) is 18.6. The van der Waals surface area contributed by atoms with Crippen LogP contribution in [0.15, 0.2) is 76.6 Å². The van der Waals surface area contributed by atoms with Crippen molar-refractivity contribution in [3.8, 4) is 11.5 Å². The lowest BCUT2D eigenvalue weighted by Crippen LogP contribution is -2.46. The summed E-state index contributed by atoms with van der Waals surface area (Å²) in [5.74, 6) is 0.940. The second-order valence-corrected chi connectivity index (χ2v) is 9.19. The highest BCUT2D eigenvalue weighted by Gasteiger charge is 2.27. The first-order valence-electron chi connectivity index (χ1n) is 11.2. The van der Waals surface area contributed by atoms with E-state index < -0.39 is 11.2 Å². The van der Waals surface area contributed by atoms with Crippen molar-refractivity contribution in [1.82, 2.24) is 9.58 Å². The molecule has 0 bridgehead atoms. The van der Waals surface area contributed by atoms with Gasteiger partial charge in [0.2, 0.25) is 5.43 Å². The summed E-state index contributed by atoms with van der Waals surface area (Å²) in [6.07, 6.45) is 6.87. The molecular weight excluding hydrogens is 450 g/mol. The van der Waals surface area contributed by atoms with Gasteiger partial charge in [-0.25, -0.2) is 0 Å². The normalized spacial score (nSPS) is 14.7. The van der Waals surface area contributed by atoms with E-state index in [0.717, 1.165) is 17.9 Å². The summed E-state index contributed by atoms with van der Waals surface area (Å²) in [5.41, 5.74) is 6.27. The van der Waals surface area contributed by atoms with Crippen LogP contribution in [0.5, 0.6) is 11.5 Å². The van der Waals surface area contributed by atoms with Crippen molar-refractivity contribution >= 4 is 17.7 Å². The molecule has 8 heteroatoms. The number of carbonyl (C=O) groups is 1. The van der Waals surface area contributed by atoms with Crippen molar-refractivity contribution in [3.05, 3.63) is 99.5 Å². The summed E-state index contributed by atoms with van der Waals surface area (Å²) in [4.78, 5) is 27.2. The highest BCUT2D eigenvalue weighted by Crippen LogP contribution is 2.37. The van der Waals surface area contributed by atoms with Crippen LogP contribution in [-0.2, 0) is 12.2 Å². The quantitative estimate of drug-likeness (QED) is 0.529. The van der Waals surface area contributed by atoms with Gasteiger partial charge in [0.25, 0.3) is 5.91 Å². The van der Waals surface area contributed by atoms with Crippen LogP contribution in [0.4, 0.5) is 0 Å². The third-order valence-electron chi connectivity index (χ3n) is 6.02. The zero-order chi connectivity index (χ0) is 23.5. The number of amides is 1. The Hall–Kier alpha value is -3.65. The predicted molar refractivity (Wildman–Crippen MR) is 132 cm³/mol. The number of ether oxygens (including phenoxy) is 1. The van der Waals surface area contributed by atoms with Gasteiger partial charge in [-0.15, -0.1) is 11.8 Å². The number of hydrogen-bond acceptors (Lipinski definition) is 6. The van der Waals surface area contributed by atoms with Crippen LogP contribution in [0.2, 0.25) is 0 Å². The Morgan fingerprint density at radius 2 is 1.91 bits per heavy atom. The molecule has 34 heavy (non-hydrogen) atoms. The fourth-order valence-corrected chi connectivity index (χ4v) is 5.28. The number of nitrogens with zero attached hydrogens (tertiary/aromatic N) is 2. The molecule has 0 aliphatic carbocycles. The summed E-state index contributed by atoms with van der Waals surface area (Å²) in [5, 5.41) is 9.98. The maximum absolute atomic E-state index is 12.7. The highest BCUT2D eigenvalue weighted by atomic mass is 32.2. The fraction of sp³-hybridized carbons (Fsp3) is 0.231. The molecule has 2 aliphatic rings. The van der Waals surface area contributed by atoms with Gasteiger partial charge in [0, 0.05) is 41.4 Å². The molecule has 7 nitrogen and oxygen atoms in total. The Kier molecular flexibility index (Phi) is 6.31. The van der Waals surface area contributed by atoms with Crippen molar-refractivity contribution in [1.29, 1.82) is 0 Å². The fourth-order valence-electron chi connectivity index (χ4n) is 4.20. The molecule has 0 atom stereocenters. The van der Waals surface area contributed by atoms with E-state index in [-0.39, 0.29) is 11.6 Å². The van der Waals surface area contributed by atoms with E-state index in [2.05, 4.69) is 35.8 Å². The number of aromatic hydroxyl groups is 1. The molecule has 3 aromatic rings. The van der Waals surface area contributed by atoms with Gasteiger partial charge in [-0.2, -0.15) is 0 Å². The van der Waals surface area contributed by atoms with Gasteiger partial charge in [0.1, 0.15) is 19.0 Å². The molecule has 1 amide bonds. The minimum absolute atomic E-state index is 0.0319. The van der Waals surface area contributed by atoms with Crippen molar-refractivity contribution in [2.24, 2.45) is 0 Å². The molecule has 2 N–H and O–H groups in total. The molecule has 0 saturated carbocycles. The van der Waals surface area contributed by atoms with Gasteiger partial charge in [0.05, 0.1) is 0 Å². The van der Waals surface area contributed by atoms with Crippen molar-refractivity contribution in [3.63, 3.8) is 0 Å². The largest absolute Gasteiger partial charge is 0.502 e. The Morgan fingerprint density at radius 1 is 1.06 bits per heavy atom. The van der Waals surface area contributed by atoms with Crippen LogP contribution in [-0.4, -0.2) is 40.4 Å². The van der Waals surface area contributed by atoms with Crippen LogP contribution in [0.25, 0.3) is 0 Å². The lowest BCUT2D eigenvalue weighted by molar-refractivity contribution is 0.0725. The Bertz CT molecular complexity index is 1320. The van der Waals surface area contributed by atoms with E-state index in [1.165, 1.54) is 38.5 Å². The van der Waals surface area contributed by atoms with Crippen LogP contribution < -0.4 is 15.6 Å². The SMILES string of the molecule is O=C1c2c(O)c(=O)ccn2NCN1CC/C=C/COc1cccc2c1Cc1ccccc1SC2. The first kappa shape index (κ1) is 22.2. The van der Waals surface area contributed by atoms with Gasteiger partial charge in [-0.05, 0) is 29.7 Å².